The number of aliphatic hydroxyl groups excluding tert-OH is 4. The smallest absolute Gasteiger partial charge is 0.387 e. The molecule has 0 spiro atoms. The number of rotatable bonds is 16. The third kappa shape index (κ3) is 8.40. The van der Waals surface area contributed by atoms with Gasteiger partial charge in [-0.3, -0.25) is 47.2 Å². The van der Waals surface area contributed by atoms with Crippen molar-refractivity contribution in [1.82, 2.24) is 29.5 Å². The average Bonchev–Trinajstić information content (AvgIpc) is 3.82. The molecule has 4 aromatic rings. The number of hydrogen-bond donors (Lipinski definition) is 11. The lowest BCUT2D eigenvalue weighted by Crippen LogP contribution is -2.46. The fraction of sp³-hybridized carbons (Fsp3) is 0.600. The molecule has 2 fully saturated rings. The summed E-state index contributed by atoms with van der Waals surface area (Å²) in [6, 6.07) is 0. The Balaban J connectivity index is 0.891. The lowest BCUT2D eigenvalue weighted by molar-refractivity contribution is -0.746. The van der Waals surface area contributed by atoms with Crippen LogP contribution in [0.15, 0.2) is 22.2 Å². The number of aromatic amines is 3. The summed E-state index contributed by atoms with van der Waals surface area (Å²) in [5.41, 5.74) is 10.3. The van der Waals surface area contributed by atoms with Gasteiger partial charge in [0.2, 0.25) is 23.5 Å². The van der Waals surface area contributed by atoms with Gasteiger partial charge >= 0.3 is 26.9 Å². The summed E-state index contributed by atoms with van der Waals surface area (Å²) in [5.74, 6) is -0.408. The summed E-state index contributed by atoms with van der Waals surface area (Å²) >= 11 is 0. The number of ether oxygens (including phenoxy) is 3. The summed E-state index contributed by atoms with van der Waals surface area (Å²) in [4.78, 5) is 59.8. The molecule has 4 unspecified atom stereocenters. The number of phosphoric acid groups is 2. The van der Waals surface area contributed by atoms with Crippen LogP contribution in [0.2, 0.25) is 0 Å². The Labute approximate surface area is 300 Å². The number of anilines is 2. The molecule has 0 saturated carbocycles. The van der Waals surface area contributed by atoms with E-state index in [0.717, 1.165) is 0 Å². The minimum Gasteiger partial charge on any atom is -0.387 e. The van der Waals surface area contributed by atoms with Crippen molar-refractivity contribution in [2.24, 2.45) is 7.05 Å². The summed E-state index contributed by atoms with van der Waals surface area (Å²) in [7, 11) is -7.92. The number of H-pyrrole nitrogens is 3. The standard InChI is InChI=1S/C25H36N10O17P2/c1-33-9-35(19-13(33)21(41)32-25(27)30-19)23-17(39)15(37)11(52-23)7-50-54(44,45)48-5-3-46-2-4-47-53(42,43)49-6-10-14(36)16(38)22(51-10)34-8-28-12-18(34)29-24(26)31-20(12)40/h8-11,14-17,22-23,36-39H,2-7H2,1H3,(H7-,26,27,29,30,31,32,40,41,42,43,44,45)/p+2/t10?,11-,14-,15-,16-,17-,22-,23?/m1/s1. The molecule has 298 valence electrons. The highest BCUT2D eigenvalue weighted by Crippen LogP contribution is 2.45. The summed E-state index contributed by atoms with van der Waals surface area (Å²) in [6.45, 7) is -2.97. The molecule has 6 heterocycles. The second-order valence-corrected chi connectivity index (χ2v) is 14.9. The van der Waals surface area contributed by atoms with Crippen molar-refractivity contribution in [3.63, 3.8) is 0 Å². The number of aromatic nitrogens is 8. The van der Waals surface area contributed by atoms with E-state index in [4.69, 9.17) is 43.8 Å². The molecule has 2 aliphatic rings. The Bertz CT molecular complexity index is 2200. The molecular weight excluding hydrogens is 774 g/mol. The van der Waals surface area contributed by atoms with E-state index in [1.165, 1.54) is 33.4 Å². The van der Waals surface area contributed by atoms with E-state index in [2.05, 4.69) is 24.9 Å². The fourth-order valence-electron chi connectivity index (χ4n) is 5.77. The molecule has 27 nitrogen and oxygen atoms in total. The zero-order valence-corrected chi connectivity index (χ0v) is 29.8. The van der Waals surface area contributed by atoms with Crippen LogP contribution in [-0.4, -0.2) is 136 Å². The second kappa shape index (κ2) is 15.8. The highest BCUT2D eigenvalue weighted by molar-refractivity contribution is 7.47. The fourth-order valence-corrected chi connectivity index (χ4v) is 7.20. The molecule has 0 amide bonds. The van der Waals surface area contributed by atoms with Gasteiger partial charge in [-0.25, -0.2) is 18.3 Å². The van der Waals surface area contributed by atoms with Gasteiger partial charge in [-0.05, 0) is 0 Å². The average molecular weight is 813 g/mol. The van der Waals surface area contributed by atoms with E-state index in [0.29, 0.717) is 0 Å². The van der Waals surface area contributed by atoms with Crippen LogP contribution in [0.4, 0.5) is 11.9 Å². The Kier molecular flexibility index (Phi) is 11.7. The molecule has 29 heteroatoms. The quantitative estimate of drug-likeness (QED) is 0.0286. The summed E-state index contributed by atoms with van der Waals surface area (Å²) in [6.07, 6.45) is -8.80. The van der Waals surface area contributed by atoms with Crippen LogP contribution in [0.3, 0.4) is 0 Å². The third-order valence-corrected chi connectivity index (χ3v) is 10.3. The molecule has 4 aromatic heterocycles. The Morgan fingerprint density at radius 2 is 1.28 bits per heavy atom. The lowest BCUT2D eigenvalue weighted by Gasteiger charge is -2.17. The van der Waals surface area contributed by atoms with Crippen LogP contribution in [-0.2, 0) is 48.5 Å². The number of nitrogens with one attached hydrogen (secondary N) is 3. The Morgan fingerprint density at radius 1 is 0.778 bits per heavy atom. The van der Waals surface area contributed by atoms with Crippen LogP contribution < -0.4 is 31.7 Å². The summed E-state index contributed by atoms with van der Waals surface area (Å²) < 4.78 is 64.5. The van der Waals surface area contributed by atoms with Gasteiger partial charge in [-0.2, -0.15) is 0 Å². The zero-order valence-electron chi connectivity index (χ0n) is 28.0. The van der Waals surface area contributed by atoms with Crippen LogP contribution in [0, 0.1) is 0 Å². The van der Waals surface area contributed by atoms with Crippen molar-refractivity contribution in [3.05, 3.63) is 33.4 Å². The Hall–Kier alpha value is -3.76. The molecule has 0 bridgehead atoms. The first-order valence-corrected chi connectivity index (χ1v) is 18.8. The van der Waals surface area contributed by atoms with Crippen LogP contribution >= 0.6 is 15.6 Å². The van der Waals surface area contributed by atoms with Gasteiger partial charge in [-0.15, -0.1) is 0 Å². The number of aliphatic hydroxyl groups is 4. The first-order chi connectivity index (χ1) is 25.5. The van der Waals surface area contributed by atoms with Crippen molar-refractivity contribution in [3.8, 4) is 0 Å². The molecular formula is C25H38N10O17P2+2. The van der Waals surface area contributed by atoms with E-state index in [1.54, 1.807) is 0 Å². The number of nitrogens with zero attached hydrogens (tertiary/aromatic N) is 5. The normalized spacial score (nSPS) is 28.2. The van der Waals surface area contributed by atoms with Crippen molar-refractivity contribution in [1.29, 1.82) is 0 Å². The first-order valence-electron chi connectivity index (χ1n) is 15.8. The predicted octanol–water partition coefficient (Wildman–Crippen LogP) is -5.21. The summed E-state index contributed by atoms with van der Waals surface area (Å²) in [5, 5.41) is 42.1. The maximum atomic E-state index is 12.4. The van der Waals surface area contributed by atoms with Crippen LogP contribution in [0.5, 0.6) is 0 Å². The van der Waals surface area contributed by atoms with Crippen molar-refractivity contribution in [2.45, 2.75) is 49.1 Å². The minimum atomic E-state index is -4.73. The number of nitrogens with two attached hydrogens (primary N) is 2. The minimum absolute atomic E-state index is 0.0147. The predicted molar refractivity (Wildman–Crippen MR) is 173 cm³/mol. The van der Waals surface area contributed by atoms with Crippen molar-refractivity contribution in [2.75, 3.05) is 51.1 Å². The van der Waals surface area contributed by atoms with Crippen LogP contribution in [0.25, 0.3) is 22.3 Å². The van der Waals surface area contributed by atoms with E-state index >= 15 is 0 Å². The van der Waals surface area contributed by atoms with Gasteiger partial charge in [-0.1, -0.05) is 9.97 Å². The highest BCUT2D eigenvalue weighted by atomic mass is 31.2. The number of phosphoric ester groups is 2. The molecule has 0 aliphatic carbocycles. The number of hydrogen-bond acceptors (Lipinski definition) is 19. The van der Waals surface area contributed by atoms with E-state index < -0.39 is 102 Å². The van der Waals surface area contributed by atoms with Crippen LogP contribution in [0.1, 0.15) is 12.5 Å². The second-order valence-electron chi connectivity index (χ2n) is 12.0. The van der Waals surface area contributed by atoms with Gasteiger partial charge in [0, 0.05) is 0 Å². The largest absolute Gasteiger partial charge is 0.472 e. The van der Waals surface area contributed by atoms with Crippen molar-refractivity contribution < 1.29 is 80.8 Å². The number of nitrogen functional groups attached to an aromatic ring is 2. The number of fused-ring (bicyclic) bond motifs is 2. The molecule has 10 atom stereocenters. The third-order valence-electron chi connectivity index (χ3n) is 8.29. The monoisotopic (exact) mass is 812 g/mol. The maximum Gasteiger partial charge on any atom is 0.472 e. The van der Waals surface area contributed by atoms with E-state index in [-0.39, 0.29) is 47.4 Å². The number of aryl methyl sites for hydroxylation is 1. The molecule has 0 radical (unpaired) electrons. The SMILES string of the molecule is Cn1c[n+](C2O[C@H](COP(=O)(O)OCCOCCOP(=O)(O)OCC3O[C@@H]([n+]4c[nH]c5c(=O)[nH]c(N)nc54)[C@H](O)[C@@H]3O)[C@@H](O)[C@H]2O)c2nc(N)[nH]c(=O)c21. The maximum absolute atomic E-state index is 12.4. The van der Waals surface area contributed by atoms with Gasteiger partial charge in [0.25, 0.3) is 23.0 Å². The zero-order chi connectivity index (χ0) is 39.1. The molecule has 54 heavy (non-hydrogen) atoms. The van der Waals surface area contributed by atoms with Gasteiger partial charge in [0.15, 0.2) is 12.7 Å². The molecule has 6 rings (SSSR count). The molecule has 2 saturated heterocycles. The topological polar surface area (TPSA) is 392 Å². The van der Waals surface area contributed by atoms with Crippen molar-refractivity contribution >= 4 is 49.9 Å². The van der Waals surface area contributed by atoms with Gasteiger partial charge in [0.1, 0.15) is 36.6 Å². The molecule has 2 aliphatic heterocycles. The first kappa shape index (κ1) is 39.9. The Morgan fingerprint density at radius 3 is 1.83 bits per heavy atom. The van der Waals surface area contributed by atoms with Gasteiger partial charge < -0.3 is 55.9 Å². The van der Waals surface area contributed by atoms with E-state index in [9.17, 15) is 48.9 Å². The highest BCUT2D eigenvalue weighted by Gasteiger charge is 2.49. The lowest BCUT2D eigenvalue weighted by atomic mass is 10.1. The number of imidazole rings is 2. The van der Waals surface area contributed by atoms with E-state index in [1.807, 2.05) is 0 Å². The molecule has 0 aromatic carbocycles. The van der Waals surface area contributed by atoms with Gasteiger partial charge in [0.05, 0.1) is 46.7 Å². The molecule has 13 N–H and O–H groups in total.